The van der Waals surface area contributed by atoms with Gasteiger partial charge in [0.2, 0.25) is 0 Å². The van der Waals surface area contributed by atoms with Crippen molar-refractivity contribution in [2.45, 2.75) is 13.8 Å². The van der Waals surface area contributed by atoms with Gasteiger partial charge >= 0.3 is 59.1 Å². The summed E-state index contributed by atoms with van der Waals surface area (Å²) in [4.78, 5) is 35.1. The quantitative estimate of drug-likeness (QED) is 0.220. The van der Waals surface area contributed by atoms with Crippen LogP contribution in [0, 0.1) is 13.8 Å². The Hall–Kier alpha value is -1.40. The van der Waals surface area contributed by atoms with Crippen molar-refractivity contribution in [1.29, 1.82) is 0 Å². The zero-order chi connectivity index (χ0) is 18.0. The molecule has 0 aliphatic carbocycles. The zero-order valence-corrected chi connectivity index (χ0v) is 20.3. The third-order valence-corrected chi connectivity index (χ3v) is 4.88. The van der Waals surface area contributed by atoms with Crippen LogP contribution in [0.1, 0.15) is 11.1 Å². The Labute approximate surface area is 204 Å². The molecule has 5 aromatic rings. The van der Waals surface area contributed by atoms with E-state index in [-0.39, 0.29) is 70.0 Å². The summed E-state index contributed by atoms with van der Waals surface area (Å²) in [7, 11) is 0. The molecule has 2 aromatic heterocycles. The van der Waals surface area contributed by atoms with E-state index in [1.165, 1.54) is 0 Å². The molecule has 0 aliphatic heterocycles. The molecule has 0 bridgehead atoms. The van der Waals surface area contributed by atoms with Gasteiger partial charge in [0.1, 0.15) is 0 Å². The van der Waals surface area contributed by atoms with E-state index in [0.29, 0.717) is 43.6 Å². The molecule has 3 aromatic carbocycles. The first-order valence-corrected chi connectivity index (χ1v) is 8.43. The SMILES string of the molecule is Cc1ccc2[n-]c3cc4c(=O)c5cc(C)ccc5[n-]c4cc3c(=O)c2c1.[Na+].[Na+]. The van der Waals surface area contributed by atoms with E-state index in [9.17, 15) is 9.59 Å². The van der Waals surface area contributed by atoms with E-state index in [2.05, 4.69) is 9.97 Å². The maximum atomic E-state index is 12.9. The summed E-state index contributed by atoms with van der Waals surface area (Å²) in [5, 5.41) is 2.18. The standard InChI is InChI=1S/C22H16N2O2.2Na/c1-11-3-5-17-13(7-11)21(25)15-9-20-16(10-19(15)23-17)22(26)14-8-12(2)4-6-18(14)24-20;;/h3-10H,1-2H3,(H2,23,24,25,26);;/q;2*+1/p-2. The van der Waals surface area contributed by atoms with Gasteiger partial charge in [-0.05, 0) is 26.0 Å². The molecular formula is C22H14N2Na2O2. The van der Waals surface area contributed by atoms with Gasteiger partial charge in [-0.3, -0.25) is 9.59 Å². The Morgan fingerprint density at radius 1 is 0.536 bits per heavy atom. The first kappa shape index (κ1) is 21.3. The minimum atomic E-state index is -0.0751. The van der Waals surface area contributed by atoms with Crippen molar-refractivity contribution in [2.24, 2.45) is 0 Å². The molecule has 2 heterocycles. The number of rotatable bonds is 0. The molecule has 4 nitrogen and oxygen atoms in total. The van der Waals surface area contributed by atoms with Crippen LogP contribution >= 0.6 is 0 Å². The van der Waals surface area contributed by atoms with Crippen molar-refractivity contribution in [1.82, 2.24) is 9.97 Å². The largest absolute Gasteiger partial charge is 1.00 e. The summed E-state index contributed by atoms with van der Waals surface area (Å²) in [5.41, 5.74) is 4.22. The van der Waals surface area contributed by atoms with Crippen LogP contribution in [0.15, 0.2) is 58.1 Å². The number of aromatic nitrogens is 2. The molecule has 0 saturated carbocycles. The minimum Gasteiger partial charge on any atom is -0.657 e. The molecule has 0 amide bonds. The Bertz CT molecular complexity index is 1390. The van der Waals surface area contributed by atoms with E-state index >= 15 is 0 Å². The first-order valence-electron chi connectivity index (χ1n) is 8.43. The van der Waals surface area contributed by atoms with Crippen LogP contribution in [0.25, 0.3) is 43.6 Å². The minimum absolute atomic E-state index is 0. The molecule has 0 radical (unpaired) electrons. The van der Waals surface area contributed by atoms with Gasteiger partial charge in [0.25, 0.3) is 0 Å². The summed E-state index contributed by atoms with van der Waals surface area (Å²) in [6.07, 6.45) is 0. The van der Waals surface area contributed by atoms with E-state index in [4.69, 9.17) is 0 Å². The molecule has 0 N–H and O–H groups in total. The van der Waals surface area contributed by atoms with Gasteiger partial charge in [-0.25, -0.2) is 0 Å². The zero-order valence-electron chi connectivity index (χ0n) is 16.3. The van der Waals surface area contributed by atoms with E-state index in [1.54, 1.807) is 12.1 Å². The van der Waals surface area contributed by atoms with Crippen LogP contribution in [0.3, 0.4) is 0 Å². The molecular weight excluding hydrogens is 370 g/mol. The summed E-state index contributed by atoms with van der Waals surface area (Å²) in [6.45, 7) is 3.89. The summed E-state index contributed by atoms with van der Waals surface area (Å²) < 4.78 is 0. The van der Waals surface area contributed by atoms with Crippen molar-refractivity contribution in [2.75, 3.05) is 0 Å². The van der Waals surface area contributed by atoms with Crippen molar-refractivity contribution in [3.8, 4) is 0 Å². The van der Waals surface area contributed by atoms with Gasteiger partial charge in [-0.2, -0.15) is 0 Å². The third-order valence-electron chi connectivity index (χ3n) is 4.88. The Balaban J connectivity index is 0.00000112. The number of fused-ring (bicyclic) bond motifs is 4. The second-order valence-corrected chi connectivity index (χ2v) is 6.81. The maximum Gasteiger partial charge on any atom is 1.00 e. The average Bonchev–Trinajstić information content (AvgIpc) is 2.63. The van der Waals surface area contributed by atoms with Crippen LogP contribution in [0.2, 0.25) is 0 Å². The van der Waals surface area contributed by atoms with Gasteiger partial charge in [-0.1, -0.05) is 47.5 Å². The number of hydrogen-bond acceptors (Lipinski definition) is 2. The van der Waals surface area contributed by atoms with Gasteiger partial charge in [0, 0.05) is 21.5 Å². The van der Waals surface area contributed by atoms with E-state index in [0.717, 1.165) is 11.1 Å². The number of pyridine rings is 2. The van der Waals surface area contributed by atoms with Crippen LogP contribution in [-0.2, 0) is 0 Å². The average molecular weight is 384 g/mol. The number of aryl methyl sites for hydroxylation is 2. The molecule has 0 aliphatic rings. The molecule has 0 fully saturated rings. The van der Waals surface area contributed by atoms with Gasteiger partial charge < -0.3 is 9.97 Å². The fourth-order valence-electron chi connectivity index (χ4n) is 3.53. The Kier molecular flexibility index (Phi) is 5.93. The van der Waals surface area contributed by atoms with Crippen molar-refractivity contribution < 1.29 is 59.1 Å². The van der Waals surface area contributed by atoms with Crippen molar-refractivity contribution in [3.05, 3.63) is 80.1 Å². The monoisotopic (exact) mass is 384 g/mol. The van der Waals surface area contributed by atoms with Gasteiger partial charge in [0.15, 0.2) is 10.9 Å². The van der Waals surface area contributed by atoms with Crippen LogP contribution in [0.4, 0.5) is 0 Å². The van der Waals surface area contributed by atoms with E-state index < -0.39 is 0 Å². The second kappa shape index (κ2) is 7.79. The van der Waals surface area contributed by atoms with Crippen LogP contribution in [-0.4, -0.2) is 0 Å². The summed E-state index contributed by atoms with van der Waals surface area (Å²) >= 11 is 0. The van der Waals surface area contributed by atoms with Crippen LogP contribution in [0.5, 0.6) is 0 Å². The topological polar surface area (TPSA) is 62.3 Å². The third kappa shape index (κ3) is 3.28. The Morgan fingerprint density at radius 2 is 0.893 bits per heavy atom. The molecule has 126 valence electrons. The fourth-order valence-corrected chi connectivity index (χ4v) is 3.53. The maximum absolute atomic E-state index is 12.9. The van der Waals surface area contributed by atoms with Crippen molar-refractivity contribution >= 4 is 43.6 Å². The normalized spacial score (nSPS) is 10.9. The van der Waals surface area contributed by atoms with E-state index in [1.807, 2.05) is 50.2 Å². The molecule has 5 rings (SSSR count). The number of nitrogens with zero attached hydrogens (tertiary/aromatic N) is 2. The second-order valence-electron chi connectivity index (χ2n) is 6.81. The summed E-state index contributed by atoms with van der Waals surface area (Å²) in [5.74, 6) is 0. The fraction of sp³-hybridized carbons (Fsp3) is 0.0909. The predicted octanol–water partition coefficient (Wildman–Crippen LogP) is -2.44. The summed E-state index contributed by atoms with van der Waals surface area (Å²) in [6, 6.07) is 14.6. The van der Waals surface area contributed by atoms with Crippen molar-refractivity contribution in [3.63, 3.8) is 0 Å². The molecule has 0 saturated heterocycles. The molecule has 6 heteroatoms. The van der Waals surface area contributed by atoms with Gasteiger partial charge in [-0.15, -0.1) is 22.1 Å². The predicted molar refractivity (Wildman–Crippen MR) is 105 cm³/mol. The smallest absolute Gasteiger partial charge is 0.657 e. The number of hydrogen-bond donors (Lipinski definition) is 0. The molecule has 0 unspecified atom stereocenters. The number of benzene rings is 3. The van der Waals surface area contributed by atoms with Crippen LogP contribution < -0.4 is 79.9 Å². The first-order chi connectivity index (χ1) is 12.5. The molecule has 0 spiro atoms. The molecule has 0 atom stereocenters. The van der Waals surface area contributed by atoms with Gasteiger partial charge in [0.05, 0.1) is 0 Å². The molecule has 28 heavy (non-hydrogen) atoms. The Morgan fingerprint density at radius 3 is 1.29 bits per heavy atom.